The Morgan fingerprint density at radius 1 is 1.30 bits per heavy atom. The lowest BCUT2D eigenvalue weighted by molar-refractivity contribution is 0.0954. The highest BCUT2D eigenvalue weighted by molar-refractivity contribution is 7.09. The molecule has 3 rings (SSSR count). The van der Waals surface area contributed by atoms with E-state index >= 15 is 0 Å². The summed E-state index contributed by atoms with van der Waals surface area (Å²) in [6.45, 7) is 2.61. The second-order valence-corrected chi connectivity index (χ2v) is 6.21. The number of rotatable bonds is 6. The van der Waals surface area contributed by atoms with Crippen LogP contribution >= 0.6 is 11.3 Å². The standard InChI is InChI=1S/C17H18N4OS/c1-12-11-23-15(20-12)8-5-9-18-17(22)14-10-19-21-16(14)13-6-3-2-4-7-13/h2-4,6-7,10-11H,5,8-9H2,1H3,(H,18,22)(H,19,21). The van der Waals surface area contributed by atoms with Crippen LogP contribution in [-0.4, -0.2) is 27.6 Å². The summed E-state index contributed by atoms with van der Waals surface area (Å²) >= 11 is 1.67. The highest BCUT2D eigenvalue weighted by atomic mass is 32.1. The highest BCUT2D eigenvalue weighted by Gasteiger charge is 2.14. The molecule has 0 unspecified atom stereocenters. The average molecular weight is 326 g/mol. The number of H-pyrrole nitrogens is 1. The third kappa shape index (κ3) is 3.84. The van der Waals surface area contributed by atoms with Gasteiger partial charge in [0.1, 0.15) is 0 Å². The molecule has 23 heavy (non-hydrogen) atoms. The molecule has 1 amide bonds. The van der Waals surface area contributed by atoms with Gasteiger partial charge in [0.2, 0.25) is 0 Å². The zero-order chi connectivity index (χ0) is 16.1. The maximum absolute atomic E-state index is 12.3. The number of benzene rings is 1. The number of thiazole rings is 1. The zero-order valence-electron chi connectivity index (χ0n) is 12.9. The Bertz CT molecular complexity index is 779. The molecule has 0 fully saturated rings. The molecule has 2 aromatic heterocycles. The molecule has 0 aliphatic rings. The Hall–Kier alpha value is -2.47. The first kappa shape index (κ1) is 15.4. The molecule has 6 heteroatoms. The molecule has 5 nitrogen and oxygen atoms in total. The van der Waals surface area contributed by atoms with Gasteiger partial charge >= 0.3 is 0 Å². The normalized spacial score (nSPS) is 10.7. The largest absolute Gasteiger partial charge is 0.352 e. The number of carbonyl (C=O) groups excluding carboxylic acids is 1. The molecule has 3 aromatic rings. The second kappa shape index (κ2) is 7.19. The molecule has 0 spiro atoms. The van der Waals surface area contributed by atoms with Crippen LogP contribution in [0, 0.1) is 6.92 Å². The second-order valence-electron chi connectivity index (χ2n) is 5.27. The first-order chi connectivity index (χ1) is 11.2. The first-order valence-corrected chi connectivity index (χ1v) is 8.40. The summed E-state index contributed by atoms with van der Waals surface area (Å²) in [7, 11) is 0. The minimum atomic E-state index is -0.104. The topological polar surface area (TPSA) is 70.7 Å². The fourth-order valence-corrected chi connectivity index (χ4v) is 3.16. The van der Waals surface area contributed by atoms with E-state index in [1.165, 1.54) is 0 Å². The van der Waals surface area contributed by atoms with Gasteiger partial charge in [0.15, 0.2) is 0 Å². The number of amides is 1. The number of hydrogen-bond donors (Lipinski definition) is 2. The monoisotopic (exact) mass is 326 g/mol. The summed E-state index contributed by atoms with van der Waals surface area (Å²) in [4.78, 5) is 16.8. The van der Waals surface area contributed by atoms with E-state index in [9.17, 15) is 4.79 Å². The van der Waals surface area contributed by atoms with Gasteiger partial charge in [0.05, 0.1) is 22.5 Å². The van der Waals surface area contributed by atoms with Gasteiger partial charge < -0.3 is 5.32 Å². The number of aryl methyl sites for hydroxylation is 2. The fraction of sp³-hybridized carbons (Fsp3) is 0.235. The van der Waals surface area contributed by atoms with Crippen molar-refractivity contribution in [3.8, 4) is 11.3 Å². The van der Waals surface area contributed by atoms with Gasteiger partial charge in [0.25, 0.3) is 5.91 Å². The smallest absolute Gasteiger partial charge is 0.255 e. The molecule has 2 N–H and O–H groups in total. The number of hydrogen-bond acceptors (Lipinski definition) is 4. The molecular weight excluding hydrogens is 308 g/mol. The third-order valence-corrected chi connectivity index (χ3v) is 4.49. The predicted octanol–water partition coefficient (Wildman–Crippen LogP) is 3.20. The lowest BCUT2D eigenvalue weighted by atomic mass is 10.1. The van der Waals surface area contributed by atoms with E-state index in [1.54, 1.807) is 17.5 Å². The Morgan fingerprint density at radius 3 is 2.87 bits per heavy atom. The van der Waals surface area contributed by atoms with Gasteiger partial charge in [-0.2, -0.15) is 5.10 Å². The van der Waals surface area contributed by atoms with Crippen LogP contribution in [-0.2, 0) is 6.42 Å². The van der Waals surface area contributed by atoms with Gasteiger partial charge in [0, 0.05) is 29.6 Å². The predicted molar refractivity (Wildman–Crippen MR) is 91.5 cm³/mol. The fourth-order valence-electron chi connectivity index (χ4n) is 2.34. The zero-order valence-corrected chi connectivity index (χ0v) is 13.7. The van der Waals surface area contributed by atoms with Gasteiger partial charge in [-0.3, -0.25) is 9.89 Å². The van der Waals surface area contributed by atoms with E-state index in [-0.39, 0.29) is 5.91 Å². The minimum absolute atomic E-state index is 0.104. The quantitative estimate of drug-likeness (QED) is 0.683. The van der Waals surface area contributed by atoms with Crippen molar-refractivity contribution in [2.75, 3.05) is 6.54 Å². The first-order valence-electron chi connectivity index (χ1n) is 7.52. The van der Waals surface area contributed by atoms with E-state index in [1.807, 2.05) is 42.6 Å². The lowest BCUT2D eigenvalue weighted by Gasteiger charge is -2.05. The average Bonchev–Trinajstić information content (AvgIpc) is 3.21. The van der Waals surface area contributed by atoms with Crippen molar-refractivity contribution in [3.05, 3.63) is 58.2 Å². The molecule has 2 heterocycles. The summed E-state index contributed by atoms with van der Waals surface area (Å²) in [6, 6.07) is 9.73. The van der Waals surface area contributed by atoms with Crippen LogP contribution in [0.1, 0.15) is 27.5 Å². The summed E-state index contributed by atoms with van der Waals surface area (Å²) < 4.78 is 0. The highest BCUT2D eigenvalue weighted by Crippen LogP contribution is 2.20. The van der Waals surface area contributed by atoms with Crippen molar-refractivity contribution >= 4 is 17.2 Å². The maximum atomic E-state index is 12.3. The van der Waals surface area contributed by atoms with Crippen molar-refractivity contribution in [1.29, 1.82) is 0 Å². The van der Waals surface area contributed by atoms with Crippen molar-refractivity contribution < 1.29 is 4.79 Å². The van der Waals surface area contributed by atoms with Crippen LogP contribution in [0.2, 0.25) is 0 Å². The number of nitrogens with zero attached hydrogens (tertiary/aromatic N) is 2. The van der Waals surface area contributed by atoms with Gasteiger partial charge in [-0.15, -0.1) is 11.3 Å². The molecule has 0 aliphatic heterocycles. The van der Waals surface area contributed by atoms with Gasteiger partial charge in [-0.1, -0.05) is 30.3 Å². The SMILES string of the molecule is Cc1csc(CCCNC(=O)c2cn[nH]c2-c2ccccc2)n1. The summed E-state index contributed by atoms with van der Waals surface area (Å²) in [5.41, 5.74) is 3.33. The number of aromatic nitrogens is 3. The molecule has 1 aromatic carbocycles. The van der Waals surface area contributed by atoms with Crippen molar-refractivity contribution in [2.24, 2.45) is 0 Å². The Morgan fingerprint density at radius 2 is 2.13 bits per heavy atom. The minimum Gasteiger partial charge on any atom is -0.352 e. The number of nitrogens with one attached hydrogen (secondary N) is 2. The molecule has 118 valence electrons. The van der Waals surface area contributed by atoms with Gasteiger partial charge in [-0.25, -0.2) is 4.98 Å². The van der Waals surface area contributed by atoms with Crippen molar-refractivity contribution in [3.63, 3.8) is 0 Å². The van der Waals surface area contributed by atoms with E-state index < -0.39 is 0 Å². The molecule has 0 saturated carbocycles. The molecule has 0 radical (unpaired) electrons. The molecule has 0 atom stereocenters. The van der Waals surface area contributed by atoms with Crippen LogP contribution < -0.4 is 5.32 Å². The van der Waals surface area contributed by atoms with Crippen molar-refractivity contribution in [2.45, 2.75) is 19.8 Å². The van der Waals surface area contributed by atoms with Crippen molar-refractivity contribution in [1.82, 2.24) is 20.5 Å². The molecule has 0 saturated heterocycles. The van der Waals surface area contributed by atoms with Crippen LogP contribution in [0.3, 0.4) is 0 Å². The van der Waals surface area contributed by atoms with Crippen LogP contribution in [0.15, 0.2) is 41.9 Å². The number of carbonyl (C=O) groups is 1. The number of aromatic amines is 1. The van der Waals surface area contributed by atoms with Crippen LogP contribution in [0.5, 0.6) is 0 Å². The lowest BCUT2D eigenvalue weighted by Crippen LogP contribution is -2.24. The van der Waals surface area contributed by atoms with Crippen LogP contribution in [0.25, 0.3) is 11.3 Å². The Balaban J connectivity index is 1.56. The van der Waals surface area contributed by atoms with Crippen LogP contribution in [0.4, 0.5) is 0 Å². The maximum Gasteiger partial charge on any atom is 0.255 e. The molecular formula is C17H18N4OS. The van der Waals surface area contributed by atoms with Gasteiger partial charge in [-0.05, 0) is 13.3 Å². The Kier molecular flexibility index (Phi) is 4.83. The molecule has 0 aliphatic carbocycles. The van der Waals surface area contributed by atoms with E-state index in [0.29, 0.717) is 12.1 Å². The summed E-state index contributed by atoms with van der Waals surface area (Å²) in [5.74, 6) is -0.104. The van der Waals surface area contributed by atoms with E-state index in [4.69, 9.17) is 0 Å². The Labute approximate surface area is 138 Å². The summed E-state index contributed by atoms with van der Waals surface area (Å²) in [5, 5.41) is 13.0. The van der Waals surface area contributed by atoms with E-state index in [0.717, 1.165) is 34.8 Å². The molecule has 0 bridgehead atoms. The van der Waals surface area contributed by atoms with E-state index in [2.05, 4.69) is 20.5 Å². The summed E-state index contributed by atoms with van der Waals surface area (Å²) in [6.07, 6.45) is 3.33. The third-order valence-electron chi connectivity index (χ3n) is 3.47.